The third-order valence-corrected chi connectivity index (χ3v) is 2.48. The Labute approximate surface area is 124 Å². The third kappa shape index (κ3) is 5.19. The van der Waals surface area contributed by atoms with Gasteiger partial charge in [-0.1, -0.05) is 5.92 Å². The van der Waals surface area contributed by atoms with E-state index in [0.29, 0.717) is 0 Å². The SMILES string of the molecule is C#CCC(CC#CC(=O)OC(C)C)(C(=O)OC)C(=O)OC. The van der Waals surface area contributed by atoms with Crippen molar-refractivity contribution in [2.24, 2.45) is 5.41 Å². The van der Waals surface area contributed by atoms with Crippen LogP contribution in [-0.2, 0) is 28.6 Å². The summed E-state index contributed by atoms with van der Waals surface area (Å²) in [6.45, 7) is 3.34. The average molecular weight is 294 g/mol. The molecule has 0 aromatic rings. The Bertz CT molecular complexity index is 484. The van der Waals surface area contributed by atoms with Crippen LogP contribution in [0.2, 0.25) is 0 Å². The van der Waals surface area contributed by atoms with Gasteiger partial charge in [0.25, 0.3) is 0 Å². The Morgan fingerprint density at radius 1 is 1.10 bits per heavy atom. The molecule has 0 heterocycles. The Balaban J connectivity index is 5.30. The van der Waals surface area contributed by atoms with E-state index in [2.05, 4.69) is 27.2 Å². The lowest BCUT2D eigenvalue weighted by molar-refractivity contribution is -0.168. The molecule has 0 radical (unpaired) electrons. The first-order chi connectivity index (χ1) is 9.83. The zero-order valence-corrected chi connectivity index (χ0v) is 12.5. The first-order valence-corrected chi connectivity index (χ1v) is 6.13. The molecule has 6 heteroatoms. The highest BCUT2D eigenvalue weighted by atomic mass is 16.5. The zero-order chi connectivity index (χ0) is 16.5. The molecule has 0 spiro atoms. The molecule has 0 atom stereocenters. The van der Waals surface area contributed by atoms with Crippen molar-refractivity contribution >= 4 is 17.9 Å². The predicted molar refractivity (Wildman–Crippen MR) is 73.5 cm³/mol. The van der Waals surface area contributed by atoms with Gasteiger partial charge in [-0.25, -0.2) is 4.79 Å². The summed E-state index contributed by atoms with van der Waals surface area (Å²) in [5.41, 5.74) is -1.75. The van der Waals surface area contributed by atoms with Gasteiger partial charge < -0.3 is 14.2 Å². The zero-order valence-electron chi connectivity index (χ0n) is 12.5. The highest BCUT2D eigenvalue weighted by molar-refractivity contribution is 6.01. The van der Waals surface area contributed by atoms with Crippen molar-refractivity contribution < 1.29 is 28.6 Å². The molecule has 0 rings (SSSR count). The normalized spacial score (nSPS) is 9.90. The molecule has 6 nitrogen and oxygen atoms in total. The Morgan fingerprint density at radius 3 is 2.00 bits per heavy atom. The van der Waals surface area contributed by atoms with Crippen LogP contribution in [0.5, 0.6) is 0 Å². The largest absolute Gasteiger partial charge is 0.468 e. The minimum Gasteiger partial charge on any atom is -0.468 e. The second-order valence-corrected chi connectivity index (χ2v) is 4.38. The van der Waals surface area contributed by atoms with Crippen molar-refractivity contribution in [1.29, 1.82) is 0 Å². The van der Waals surface area contributed by atoms with Crippen LogP contribution in [0.3, 0.4) is 0 Å². The first-order valence-electron chi connectivity index (χ1n) is 6.13. The summed E-state index contributed by atoms with van der Waals surface area (Å²) >= 11 is 0. The number of ether oxygens (including phenoxy) is 3. The topological polar surface area (TPSA) is 78.9 Å². The molecule has 0 aliphatic heterocycles. The highest BCUT2D eigenvalue weighted by Gasteiger charge is 2.47. The molecule has 0 unspecified atom stereocenters. The molecule has 0 N–H and O–H groups in total. The van der Waals surface area contributed by atoms with E-state index in [-0.39, 0.29) is 18.9 Å². The van der Waals surface area contributed by atoms with E-state index in [1.807, 2.05) is 0 Å². The lowest BCUT2D eigenvalue weighted by Gasteiger charge is -2.23. The second-order valence-electron chi connectivity index (χ2n) is 4.38. The lowest BCUT2D eigenvalue weighted by atomic mass is 9.81. The van der Waals surface area contributed by atoms with E-state index in [1.165, 1.54) is 0 Å². The number of carbonyl (C=O) groups is 3. The molecule has 0 aliphatic carbocycles. The maximum atomic E-state index is 11.9. The molecular weight excluding hydrogens is 276 g/mol. The minimum absolute atomic E-state index is 0.250. The molecule has 0 aliphatic rings. The number of methoxy groups -OCH3 is 2. The van der Waals surface area contributed by atoms with Crippen molar-refractivity contribution in [2.75, 3.05) is 14.2 Å². The van der Waals surface area contributed by atoms with Crippen LogP contribution >= 0.6 is 0 Å². The Morgan fingerprint density at radius 2 is 1.62 bits per heavy atom. The molecule has 0 saturated carbocycles. The summed E-state index contributed by atoms with van der Waals surface area (Å²) in [6, 6.07) is 0. The summed E-state index contributed by atoms with van der Waals surface area (Å²) in [7, 11) is 2.24. The maximum absolute atomic E-state index is 11.9. The van der Waals surface area contributed by atoms with Gasteiger partial charge in [-0.2, -0.15) is 0 Å². The summed E-state index contributed by atoms with van der Waals surface area (Å²) in [4.78, 5) is 35.1. The van der Waals surface area contributed by atoms with Crippen LogP contribution in [-0.4, -0.2) is 38.2 Å². The minimum atomic E-state index is -1.75. The molecule has 114 valence electrons. The monoisotopic (exact) mass is 294 g/mol. The summed E-state index contributed by atoms with van der Waals surface area (Å²) in [5.74, 6) is 4.36. The van der Waals surface area contributed by atoms with Crippen LogP contribution < -0.4 is 0 Å². The number of hydrogen-bond donors (Lipinski definition) is 0. The van der Waals surface area contributed by atoms with Crippen molar-refractivity contribution in [3.05, 3.63) is 0 Å². The number of carbonyl (C=O) groups excluding carboxylic acids is 3. The molecule has 0 amide bonds. The van der Waals surface area contributed by atoms with E-state index in [9.17, 15) is 14.4 Å². The lowest BCUT2D eigenvalue weighted by Crippen LogP contribution is -2.40. The highest BCUT2D eigenvalue weighted by Crippen LogP contribution is 2.29. The van der Waals surface area contributed by atoms with Gasteiger partial charge in [-0.15, -0.1) is 12.3 Å². The van der Waals surface area contributed by atoms with Crippen molar-refractivity contribution in [3.63, 3.8) is 0 Å². The molecule has 0 aromatic heterocycles. The van der Waals surface area contributed by atoms with Crippen molar-refractivity contribution in [2.45, 2.75) is 32.8 Å². The second kappa shape index (κ2) is 8.65. The summed E-state index contributed by atoms with van der Waals surface area (Å²) < 4.78 is 14.0. The molecule has 21 heavy (non-hydrogen) atoms. The number of esters is 3. The van der Waals surface area contributed by atoms with Gasteiger partial charge in [0.05, 0.1) is 20.3 Å². The summed E-state index contributed by atoms with van der Waals surface area (Å²) in [5, 5.41) is 0. The maximum Gasteiger partial charge on any atom is 0.384 e. The quantitative estimate of drug-likeness (QED) is 0.244. The van der Waals surface area contributed by atoms with Gasteiger partial charge in [0.15, 0.2) is 5.41 Å². The first kappa shape index (κ1) is 18.5. The van der Waals surface area contributed by atoms with Gasteiger partial charge in [0, 0.05) is 18.8 Å². The fourth-order valence-corrected chi connectivity index (χ4v) is 1.51. The van der Waals surface area contributed by atoms with Gasteiger partial charge >= 0.3 is 17.9 Å². The molecule has 0 bridgehead atoms. The van der Waals surface area contributed by atoms with Crippen molar-refractivity contribution in [1.82, 2.24) is 0 Å². The molecule has 0 aromatic carbocycles. The van der Waals surface area contributed by atoms with Crippen LogP contribution in [0.25, 0.3) is 0 Å². The summed E-state index contributed by atoms with van der Waals surface area (Å²) in [6.07, 6.45) is 4.32. The molecular formula is C15H18O6. The fourth-order valence-electron chi connectivity index (χ4n) is 1.51. The van der Waals surface area contributed by atoms with Gasteiger partial charge in [-0.3, -0.25) is 9.59 Å². The van der Waals surface area contributed by atoms with Crippen LogP contribution in [0.4, 0.5) is 0 Å². The van der Waals surface area contributed by atoms with Crippen LogP contribution in [0.15, 0.2) is 0 Å². The fraction of sp³-hybridized carbons (Fsp3) is 0.533. The van der Waals surface area contributed by atoms with Crippen LogP contribution in [0.1, 0.15) is 26.7 Å². The molecule has 0 saturated heterocycles. The standard InChI is InChI=1S/C15H18O6/c1-6-9-15(13(17)19-4,14(18)20-5)10-7-8-12(16)21-11(2)3/h1,11H,9-10H2,2-5H3. The van der Waals surface area contributed by atoms with Crippen LogP contribution in [0, 0.1) is 29.6 Å². The Hall–Kier alpha value is -2.47. The third-order valence-electron chi connectivity index (χ3n) is 2.48. The predicted octanol–water partition coefficient (Wildman–Crippen LogP) is 0.687. The number of hydrogen-bond acceptors (Lipinski definition) is 6. The molecule has 0 fully saturated rings. The Kier molecular flexibility index (Phi) is 7.63. The van der Waals surface area contributed by atoms with Gasteiger partial charge in [-0.05, 0) is 13.8 Å². The van der Waals surface area contributed by atoms with E-state index in [0.717, 1.165) is 14.2 Å². The van der Waals surface area contributed by atoms with Gasteiger partial charge in [0.2, 0.25) is 0 Å². The van der Waals surface area contributed by atoms with Gasteiger partial charge in [0.1, 0.15) is 0 Å². The number of terminal acetylenes is 1. The van der Waals surface area contributed by atoms with E-state index >= 15 is 0 Å². The smallest absolute Gasteiger partial charge is 0.384 e. The van der Waals surface area contributed by atoms with E-state index in [1.54, 1.807) is 13.8 Å². The van der Waals surface area contributed by atoms with E-state index in [4.69, 9.17) is 11.2 Å². The average Bonchev–Trinajstić information content (AvgIpc) is 2.43. The van der Waals surface area contributed by atoms with E-state index < -0.39 is 23.3 Å². The van der Waals surface area contributed by atoms with Crippen molar-refractivity contribution in [3.8, 4) is 24.2 Å². The number of rotatable bonds is 5.